The topological polar surface area (TPSA) is 6.25 Å². The number of anilines is 2. The highest BCUT2D eigenvalue weighted by Gasteiger charge is 2.30. The number of thioether (sulfide) groups is 1. The number of hydrogen-bond donors (Lipinski definition) is 0. The summed E-state index contributed by atoms with van der Waals surface area (Å²) in [7, 11) is 0. The van der Waals surface area contributed by atoms with Gasteiger partial charge in [-0.15, -0.1) is 0 Å². The molecule has 0 aliphatic carbocycles. The molecule has 0 unspecified atom stereocenters. The van der Waals surface area contributed by atoms with Gasteiger partial charge in [0.15, 0.2) is 0 Å². The van der Waals surface area contributed by atoms with Crippen molar-refractivity contribution in [2.75, 3.05) is 4.90 Å². The lowest BCUT2D eigenvalue weighted by molar-refractivity contribution is -0.00000675. The number of benzene rings is 5. The molecule has 36 heavy (non-hydrogen) atoms. The smallest absolute Gasteiger partial charge is 0.329 e. The van der Waals surface area contributed by atoms with Crippen molar-refractivity contribution in [2.45, 2.75) is 5.75 Å². The van der Waals surface area contributed by atoms with Crippen molar-refractivity contribution in [1.29, 1.82) is 0 Å². The van der Waals surface area contributed by atoms with Crippen molar-refractivity contribution in [3.8, 4) is 0 Å². The number of rotatable bonds is 6. The lowest BCUT2D eigenvalue weighted by atomic mass is 10.2. The Hall–Kier alpha value is -3.79. The first-order valence-electron chi connectivity index (χ1n) is 11.7. The maximum absolute atomic E-state index is 2.35. The predicted molar refractivity (Wildman–Crippen MR) is 152 cm³/mol. The summed E-state index contributed by atoms with van der Waals surface area (Å²) in [6.45, 7) is 0. The number of hydrogen-bond acceptors (Lipinski definition) is 1. The minimum atomic E-state index is 0. The molecule has 0 amide bonds. The lowest BCUT2D eigenvalue weighted by Crippen LogP contribution is -3.00. The van der Waals surface area contributed by atoms with Gasteiger partial charge < -0.3 is 12.4 Å². The zero-order chi connectivity index (χ0) is 23.7. The van der Waals surface area contributed by atoms with Crippen LogP contribution in [0.15, 0.2) is 152 Å². The van der Waals surface area contributed by atoms with Crippen molar-refractivity contribution in [3.63, 3.8) is 0 Å². The van der Waals surface area contributed by atoms with E-state index in [-0.39, 0.29) is 12.4 Å². The van der Waals surface area contributed by atoms with Crippen LogP contribution in [-0.4, -0.2) is 5.17 Å². The third kappa shape index (κ3) is 6.06. The molecule has 0 fully saturated rings. The van der Waals surface area contributed by atoms with Crippen LogP contribution in [-0.2, 0) is 5.75 Å². The van der Waals surface area contributed by atoms with Gasteiger partial charge in [-0.3, -0.25) is 0 Å². The van der Waals surface area contributed by atoms with E-state index in [4.69, 9.17) is 0 Å². The summed E-state index contributed by atoms with van der Waals surface area (Å²) < 4.78 is 2.35. The highest BCUT2D eigenvalue weighted by molar-refractivity contribution is 8.13. The van der Waals surface area contributed by atoms with Crippen molar-refractivity contribution in [3.05, 3.63) is 157 Å². The molecule has 5 aromatic rings. The maximum atomic E-state index is 2.35. The second-order valence-electron chi connectivity index (χ2n) is 8.07. The second kappa shape index (κ2) is 12.8. The van der Waals surface area contributed by atoms with Gasteiger partial charge in [-0.1, -0.05) is 103 Å². The molecule has 0 aromatic heterocycles. The van der Waals surface area contributed by atoms with Crippen LogP contribution in [0.3, 0.4) is 0 Å². The fraction of sp³-hybridized carbons (Fsp3) is 0.0312. The van der Waals surface area contributed by atoms with Crippen LogP contribution >= 0.6 is 11.8 Å². The molecule has 0 atom stereocenters. The zero-order valence-corrected chi connectivity index (χ0v) is 21.4. The van der Waals surface area contributed by atoms with E-state index in [0.717, 1.165) is 33.7 Å². The second-order valence-corrected chi connectivity index (χ2v) is 9.01. The lowest BCUT2D eigenvalue weighted by Gasteiger charge is -2.22. The van der Waals surface area contributed by atoms with E-state index >= 15 is 0 Å². The summed E-state index contributed by atoms with van der Waals surface area (Å²) in [6, 6.07) is 53.1. The average molecular weight is 507 g/mol. The number of halogens is 1. The van der Waals surface area contributed by atoms with Crippen LogP contribution in [0.5, 0.6) is 0 Å². The van der Waals surface area contributed by atoms with Crippen LogP contribution in [0, 0.1) is 0 Å². The zero-order valence-electron chi connectivity index (χ0n) is 19.8. The summed E-state index contributed by atoms with van der Waals surface area (Å²) in [5.74, 6) is 0.850. The molecule has 0 radical (unpaired) electrons. The van der Waals surface area contributed by atoms with Gasteiger partial charge >= 0.3 is 5.17 Å². The fourth-order valence-electron chi connectivity index (χ4n) is 4.00. The van der Waals surface area contributed by atoms with E-state index in [9.17, 15) is 0 Å². The van der Waals surface area contributed by atoms with E-state index in [1.807, 2.05) is 11.8 Å². The maximum Gasteiger partial charge on any atom is 0.329 e. The Kier molecular flexibility index (Phi) is 8.98. The largest absolute Gasteiger partial charge is 1.00 e. The standard InChI is InChI=1S/C32H27N2S.ClH/c1-6-16-27(17-7-1)26-35-32(33(28-18-8-2-9-19-28)29-20-10-3-11-21-29)34(30-22-12-4-13-23-30)31-24-14-5-15-25-31;/h1-25H,26H2;1H/q+1;/p-1. The first-order chi connectivity index (χ1) is 17.4. The van der Waals surface area contributed by atoms with Gasteiger partial charge in [0, 0.05) is 5.75 Å². The molecule has 0 saturated heterocycles. The molecule has 0 saturated carbocycles. The monoisotopic (exact) mass is 506 g/mol. The van der Waals surface area contributed by atoms with Gasteiger partial charge in [0.2, 0.25) is 0 Å². The molecule has 4 heteroatoms. The van der Waals surface area contributed by atoms with Crippen LogP contribution in [0.1, 0.15) is 5.56 Å². The van der Waals surface area contributed by atoms with Crippen LogP contribution in [0.4, 0.5) is 22.7 Å². The van der Waals surface area contributed by atoms with Crippen molar-refractivity contribution >= 4 is 39.7 Å². The molecular weight excluding hydrogens is 480 g/mol. The number of nitrogens with zero attached hydrogens (tertiary/aromatic N) is 2. The highest BCUT2D eigenvalue weighted by atomic mass is 35.5. The molecule has 0 bridgehead atoms. The SMILES string of the molecule is [Cl-].c1ccc(CSC(N(c2ccccc2)c2ccccc2)=[N+](c2ccccc2)c2ccccc2)cc1. The minimum Gasteiger partial charge on any atom is -1.00 e. The van der Waals surface area contributed by atoms with Crippen LogP contribution in [0.2, 0.25) is 0 Å². The summed E-state index contributed by atoms with van der Waals surface area (Å²) in [6.07, 6.45) is 0. The van der Waals surface area contributed by atoms with Crippen molar-refractivity contribution in [2.24, 2.45) is 0 Å². The van der Waals surface area contributed by atoms with Gasteiger partial charge in [-0.2, -0.15) is 9.48 Å². The molecule has 0 aliphatic rings. The summed E-state index contributed by atoms with van der Waals surface area (Å²) in [5.41, 5.74) is 5.76. The summed E-state index contributed by atoms with van der Waals surface area (Å²) >= 11 is 1.84. The van der Waals surface area contributed by atoms with Gasteiger partial charge in [0.1, 0.15) is 22.7 Å². The van der Waals surface area contributed by atoms with Gasteiger partial charge in [-0.05, 0) is 65.9 Å². The molecule has 0 N–H and O–H groups in total. The first kappa shape index (κ1) is 25.3. The van der Waals surface area contributed by atoms with Crippen LogP contribution in [0.25, 0.3) is 0 Å². The van der Waals surface area contributed by atoms with E-state index in [1.165, 1.54) is 5.56 Å². The Morgan fingerprint density at radius 1 is 0.500 bits per heavy atom. The molecule has 0 heterocycles. The highest BCUT2D eigenvalue weighted by Crippen LogP contribution is 2.33. The molecule has 5 rings (SSSR count). The Labute approximate surface area is 224 Å². The van der Waals surface area contributed by atoms with E-state index in [1.54, 1.807) is 0 Å². The fourth-order valence-corrected chi connectivity index (χ4v) is 5.17. The Morgan fingerprint density at radius 2 is 0.861 bits per heavy atom. The van der Waals surface area contributed by atoms with E-state index < -0.39 is 0 Å². The average Bonchev–Trinajstić information content (AvgIpc) is 2.95. The summed E-state index contributed by atoms with van der Waals surface area (Å²) in [5, 5.41) is 1.11. The summed E-state index contributed by atoms with van der Waals surface area (Å²) in [4.78, 5) is 2.35. The Balaban J connectivity index is 0.00000304. The molecule has 178 valence electrons. The predicted octanol–water partition coefficient (Wildman–Crippen LogP) is 5.65. The van der Waals surface area contributed by atoms with Crippen molar-refractivity contribution in [1.82, 2.24) is 4.58 Å². The van der Waals surface area contributed by atoms with Crippen molar-refractivity contribution < 1.29 is 12.4 Å². The number of amidine groups is 1. The van der Waals surface area contributed by atoms with Gasteiger partial charge in [0.05, 0.1) is 0 Å². The molecule has 0 spiro atoms. The van der Waals surface area contributed by atoms with E-state index in [2.05, 4.69) is 161 Å². The third-order valence-corrected chi connectivity index (χ3v) is 6.75. The quantitative estimate of drug-likeness (QED) is 0.167. The van der Waals surface area contributed by atoms with E-state index in [0.29, 0.717) is 0 Å². The Morgan fingerprint density at radius 3 is 1.28 bits per heavy atom. The molecule has 2 nitrogen and oxygen atoms in total. The Bertz CT molecular complexity index is 1280. The minimum absolute atomic E-state index is 0. The van der Waals surface area contributed by atoms with Gasteiger partial charge in [-0.25, -0.2) is 0 Å². The van der Waals surface area contributed by atoms with Gasteiger partial charge in [0.25, 0.3) is 0 Å². The number of para-hydroxylation sites is 4. The first-order valence-corrected chi connectivity index (χ1v) is 12.7. The van der Waals surface area contributed by atoms with Crippen LogP contribution < -0.4 is 21.9 Å². The third-order valence-electron chi connectivity index (χ3n) is 5.65. The molecular formula is C32H27ClN2S. The molecule has 0 aliphatic heterocycles. The molecule has 5 aromatic carbocycles. The normalized spacial score (nSPS) is 10.2.